The minimum absolute atomic E-state index is 0.197. The molecular formula is C17H25N5O2S. The second-order valence-corrected chi connectivity index (χ2v) is 7.42. The van der Waals surface area contributed by atoms with Crippen molar-refractivity contribution < 1.29 is 9.29 Å². The number of likely N-dealkylation sites (tertiary alicyclic amines) is 1. The summed E-state index contributed by atoms with van der Waals surface area (Å²) < 4.78 is 23.2. The van der Waals surface area contributed by atoms with Gasteiger partial charge in [0.15, 0.2) is 11.1 Å². The lowest BCUT2D eigenvalue weighted by atomic mass is 10.2. The van der Waals surface area contributed by atoms with E-state index in [2.05, 4.69) is 37.7 Å². The van der Waals surface area contributed by atoms with Crippen LogP contribution in [0.4, 0.5) is 5.82 Å². The van der Waals surface area contributed by atoms with Gasteiger partial charge in [0.05, 0.1) is 6.61 Å². The molecular weight excluding hydrogens is 338 g/mol. The molecule has 1 saturated heterocycles. The number of nitrogens with zero attached hydrogens (tertiary/aromatic N) is 3. The average Bonchev–Trinajstić information content (AvgIpc) is 3.12. The molecule has 2 unspecified atom stereocenters. The number of hydrogen-bond donors (Lipinski definition) is 2. The second-order valence-electron chi connectivity index (χ2n) is 6.54. The average molecular weight is 363 g/mol. The van der Waals surface area contributed by atoms with Crippen LogP contribution >= 0.6 is 11.1 Å². The number of H-pyrrole nitrogens is 1. The van der Waals surface area contributed by atoms with Crippen LogP contribution in [0.5, 0.6) is 5.75 Å². The monoisotopic (exact) mass is 363 g/mol. The van der Waals surface area contributed by atoms with Crippen LogP contribution in [0.25, 0.3) is 0 Å². The molecule has 3 rings (SSSR count). The number of benzene rings is 1. The number of anilines is 1. The highest BCUT2D eigenvalue weighted by Crippen LogP contribution is 2.20. The molecule has 1 aromatic heterocycles. The summed E-state index contributed by atoms with van der Waals surface area (Å²) in [5, 5.41) is 0. The van der Waals surface area contributed by atoms with Crippen molar-refractivity contribution in [3.05, 3.63) is 35.3 Å². The van der Waals surface area contributed by atoms with Crippen LogP contribution in [0.2, 0.25) is 0 Å². The van der Waals surface area contributed by atoms with Gasteiger partial charge < -0.3 is 15.0 Å². The highest BCUT2D eigenvalue weighted by Gasteiger charge is 2.18. The largest absolute Gasteiger partial charge is 0.548 e. The van der Waals surface area contributed by atoms with E-state index < -0.39 is 11.1 Å². The van der Waals surface area contributed by atoms with E-state index in [9.17, 15) is 4.55 Å². The molecule has 1 aliphatic heterocycles. The van der Waals surface area contributed by atoms with Crippen molar-refractivity contribution in [1.82, 2.24) is 13.6 Å². The van der Waals surface area contributed by atoms with Crippen molar-refractivity contribution in [1.29, 1.82) is 0 Å². The van der Waals surface area contributed by atoms with Gasteiger partial charge in [-0.15, -0.1) is 4.37 Å². The summed E-state index contributed by atoms with van der Waals surface area (Å²) in [6.07, 6.45) is 2.04. The van der Waals surface area contributed by atoms with Crippen LogP contribution in [-0.4, -0.2) is 44.4 Å². The highest BCUT2D eigenvalue weighted by atomic mass is 32.2. The molecule has 1 aromatic carbocycles. The Labute approximate surface area is 150 Å². The van der Waals surface area contributed by atoms with E-state index in [4.69, 9.17) is 10.5 Å². The standard InChI is InChI=1S/C17H25N5O2S/c1-13-6-8-22(11-13)12-14-4-2-5-15(10-14)24-9-3-7-19-17-16(18)20-25(23)21-17/h2,4-5,10,13H,3,6-9,11-12H2,1H3,(H2,18,20)(H,19,21). The summed E-state index contributed by atoms with van der Waals surface area (Å²) in [5.41, 5.74) is 7.28. The summed E-state index contributed by atoms with van der Waals surface area (Å²) >= 11 is -1.48. The van der Waals surface area contributed by atoms with E-state index in [-0.39, 0.29) is 5.82 Å². The number of nitrogen functional groups attached to an aromatic ring is 1. The lowest BCUT2D eigenvalue weighted by molar-refractivity contribution is 0.307. The number of rotatable bonds is 7. The molecule has 0 aliphatic carbocycles. The van der Waals surface area contributed by atoms with Crippen molar-refractivity contribution in [3.8, 4) is 5.75 Å². The maximum absolute atomic E-state index is 11.1. The Hall–Kier alpha value is -1.90. The Morgan fingerprint density at radius 1 is 1.52 bits per heavy atom. The topological polar surface area (TPSA) is 103 Å². The lowest BCUT2D eigenvalue weighted by Crippen LogP contribution is -2.19. The summed E-state index contributed by atoms with van der Waals surface area (Å²) in [5.74, 6) is 1.88. The van der Waals surface area contributed by atoms with Crippen molar-refractivity contribution in [2.24, 2.45) is 10.9 Å². The van der Waals surface area contributed by atoms with Crippen molar-refractivity contribution in [2.45, 2.75) is 26.3 Å². The van der Waals surface area contributed by atoms with Crippen LogP contribution in [-0.2, 0) is 6.54 Å². The van der Waals surface area contributed by atoms with Crippen LogP contribution in [0.3, 0.4) is 0 Å². The Balaban J connectivity index is 1.44. The normalized spacial score (nSPS) is 19.5. The molecule has 0 spiro atoms. The highest BCUT2D eigenvalue weighted by molar-refractivity contribution is 7.13. The van der Waals surface area contributed by atoms with Crippen molar-refractivity contribution in [3.63, 3.8) is 0 Å². The smallest absolute Gasteiger partial charge is 0.229 e. The van der Waals surface area contributed by atoms with Crippen LogP contribution < -0.4 is 16.0 Å². The van der Waals surface area contributed by atoms with Gasteiger partial charge in [0.1, 0.15) is 5.75 Å². The third-order valence-electron chi connectivity index (χ3n) is 4.26. The molecule has 136 valence electrons. The minimum Gasteiger partial charge on any atom is -0.548 e. The predicted molar refractivity (Wildman–Crippen MR) is 97.7 cm³/mol. The Kier molecular flexibility index (Phi) is 6.06. The molecule has 8 heteroatoms. The van der Waals surface area contributed by atoms with Crippen molar-refractivity contribution in [2.75, 3.05) is 32.0 Å². The Bertz CT molecular complexity index is 757. The van der Waals surface area contributed by atoms with Gasteiger partial charge >= 0.3 is 0 Å². The first kappa shape index (κ1) is 17.9. The van der Waals surface area contributed by atoms with Gasteiger partial charge in [-0.3, -0.25) is 9.89 Å². The van der Waals surface area contributed by atoms with Gasteiger partial charge in [0.2, 0.25) is 11.3 Å². The summed E-state index contributed by atoms with van der Waals surface area (Å²) in [6, 6.07) is 8.28. The fraction of sp³-hybridized carbons (Fsp3) is 0.529. The van der Waals surface area contributed by atoms with Crippen molar-refractivity contribution >= 4 is 17.0 Å². The Morgan fingerprint density at radius 3 is 3.12 bits per heavy atom. The molecule has 2 atom stereocenters. The van der Waals surface area contributed by atoms with E-state index in [0.717, 1.165) is 24.6 Å². The minimum atomic E-state index is -1.48. The van der Waals surface area contributed by atoms with Gasteiger partial charge in [-0.25, -0.2) is 0 Å². The van der Waals surface area contributed by atoms with Gasteiger partial charge in [-0.2, -0.15) is 0 Å². The van der Waals surface area contributed by atoms with E-state index in [1.165, 1.54) is 25.1 Å². The molecule has 2 aromatic rings. The number of ether oxygens (including phenoxy) is 1. The third kappa shape index (κ3) is 5.29. The molecule has 3 N–H and O–H groups in total. The first-order valence-electron chi connectivity index (χ1n) is 8.62. The maximum Gasteiger partial charge on any atom is 0.229 e. The molecule has 0 bridgehead atoms. The van der Waals surface area contributed by atoms with Crippen LogP contribution in [0, 0.1) is 5.92 Å². The van der Waals surface area contributed by atoms with E-state index in [0.29, 0.717) is 18.6 Å². The maximum atomic E-state index is 11.1. The molecule has 1 fully saturated rings. The summed E-state index contributed by atoms with van der Waals surface area (Å²) in [6.45, 7) is 6.76. The first-order valence-corrected chi connectivity index (χ1v) is 9.72. The molecule has 0 saturated carbocycles. The molecule has 0 amide bonds. The van der Waals surface area contributed by atoms with Gasteiger partial charge in [-0.1, -0.05) is 19.1 Å². The molecule has 7 nitrogen and oxygen atoms in total. The fourth-order valence-electron chi connectivity index (χ4n) is 3.01. The number of hydrogen-bond acceptors (Lipinski definition) is 6. The number of nitrogens with one attached hydrogen (secondary N) is 1. The molecule has 0 radical (unpaired) electrons. The number of aromatic nitrogens is 2. The molecule has 1 aliphatic rings. The predicted octanol–water partition coefficient (Wildman–Crippen LogP) is 1.93. The van der Waals surface area contributed by atoms with Gasteiger partial charge in [0, 0.05) is 30.4 Å². The number of nitrogens with two attached hydrogens (primary N) is 1. The lowest BCUT2D eigenvalue weighted by Gasteiger charge is -2.16. The second kappa shape index (κ2) is 8.46. The summed E-state index contributed by atoms with van der Waals surface area (Å²) in [7, 11) is 0. The molecule has 25 heavy (non-hydrogen) atoms. The fourth-order valence-corrected chi connectivity index (χ4v) is 3.66. The Morgan fingerprint density at radius 2 is 2.40 bits per heavy atom. The molecule has 2 heterocycles. The van der Waals surface area contributed by atoms with Gasteiger partial charge in [0.25, 0.3) is 0 Å². The zero-order valence-electron chi connectivity index (χ0n) is 14.5. The summed E-state index contributed by atoms with van der Waals surface area (Å²) in [4.78, 5) is 6.74. The van der Waals surface area contributed by atoms with E-state index in [1.807, 2.05) is 12.1 Å². The van der Waals surface area contributed by atoms with Crippen LogP contribution in [0.1, 0.15) is 25.3 Å². The van der Waals surface area contributed by atoms with Gasteiger partial charge in [-0.05, 0) is 36.6 Å². The van der Waals surface area contributed by atoms with Crippen LogP contribution in [0.15, 0.2) is 29.3 Å². The first-order chi connectivity index (χ1) is 12.1. The van der Waals surface area contributed by atoms with E-state index in [1.54, 1.807) is 0 Å². The zero-order chi connectivity index (χ0) is 17.6. The number of aromatic amines is 1. The SMILES string of the molecule is CC1CCN(Cc2cccc(OCCCN=c3[nH][s+]([O-])nc3N)c2)C1. The van der Waals surface area contributed by atoms with E-state index >= 15 is 0 Å². The zero-order valence-corrected chi connectivity index (χ0v) is 15.3. The third-order valence-corrected chi connectivity index (χ3v) is 4.99. The quantitative estimate of drug-likeness (QED) is 0.578.